The van der Waals surface area contributed by atoms with Gasteiger partial charge in [-0.3, -0.25) is 4.79 Å². The Morgan fingerprint density at radius 3 is 2.44 bits per heavy atom. The third kappa shape index (κ3) is 2.95. The first-order valence-corrected chi connectivity index (χ1v) is 4.99. The molecule has 0 aliphatic heterocycles. The quantitative estimate of drug-likeness (QED) is 0.596. The summed E-state index contributed by atoms with van der Waals surface area (Å²) in [5.41, 5.74) is 6.90. The molecule has 0 saturated heterocycles. The zero-order valence-corrected chi connectivity index (χ0v) is 9.07. The predicted molar refractivity (Wildman–Crippen MR) is 62.4 cm³/mol. The molecule has 0 atom stereocenters. The monoisotopic (exact) mass is 218 g/mol. The van der Waals surface area contributed by atoms with Crippen molar-refractivity contribution in [3.8, 4) is 0 Å². The van der Waals surface area contributed by atoms with Crippen molar-refractivity contribution >= 4 is 17.9 Å². The van der Waals surface area contributed by atoms with Crippen LogP contribution in [0.15, 0.2) is 36.0 Å². The van der Waals surface area contributed by atoms with Crippen LogP contribution in [0.4, 0.5) is 4.79 Å². The van der Waals surface area contributed by atoms with E-state index in [1.165, 1.54) is 0 Å². The zero-order valence-electron chi connectivity index (χ0n) is 9.07. The number of nitrogens with two attached hydrogens (primary N) is 1. The number of hydrogen-bond acceptors (Lipinski definition) is 2. The standard InChI is InChI=1S/C12H14N2O2/c1-2-10(9-6-4-3-5-7-9)11(8-15)14-12(13)16/h3-8H,2H2,1H3,(H3,13,14,16). The maximum Gasteiger partial charge on any atom is 0.316 e. The number of carbonyl (C=O) groups is 2. The largest absolute Gasteiger partial charge is 0.351 e. The lowest BCUT2D eigenvalue weighted by Gasteiger charge is -2.09. The van der Waals surface area contributed by atoms with Crippen molar-refractivity contribution in [2.45, 2.75) is 13.3 Å². The number of amides is 2. The van der Waals surface area contributed by atoms with Crippen LogP contribution in [0.3, 0.4) is 0 Å². The van der Waals surface area contributed by atoms with E-state index >= 15 is 0 Å². The summed E-state index contributed by atoms with van der Waals surface area (Å²) in [5, 5.41) is 2.33. The van der Waals surface area contributed by atoms with Crippen molar-refractivity contribution < 1.29 is 9.59 Å². The molecule has 84 valence electrons. The molecule has 3 N–H and O–H groups in total. The normalized spacial score (nSPS) is 11.6. The molecule has 0 aliphatic carbocycles. The van der Waals surface area contributed by atoms with E-state index in [-0.39, 0.29) is 5.70 Å². The Kier molecular flexibility index (Phi) is 4.27. The second-order valence-corrected chi connectivity index (χ2v) is 3.22. The van der Waals surface area contributed by atoms with Gasteiger partial charge in [0.05, 0.1) is 5.70 Å². The first-order chi connectivity index (χ1) is 7.69. The van der Waals surface area contributed by atoms with Crippen LogP contribution in [0, 0.1) is 0 Å². The van der Waals surface area contributed by atoms with Crippen molar-refractivity contribution in [3.63, 3.8) is 0 Å². The Balaban J connectivity index is 3.16. The highest BCUT2D eigenvalue weighted by Crippen LogP contribution is 2.19. The van der Waals surface area contributed by atoms with Gasteiger partial charge in [0.25, 0.3) is 0 Å². The highest BCUT2D eigenvalue weighted by Gasteiger charge is 2.08. The number of benzene rings is 1. The first kappa shape index (κ1) is 12.0. The van der Waals surface area contributed by atoms with E-state index in [9.17, 15) is 9.59 Å². The van der Waals surface area contributed by atoms with E-state index in [0.717, 1.165) is 11.1 Å². The van der Waals surface area contributed by atoms with Gasteiger partial charge in [-0.25, -0.2) is 4.79 Å². The molecule has 1 aromatic rings. The molecule has 1 rings (SSSR count). The van der Waals surface area contributed by atoms with E-state index in [2.05, 4.69) is 5.32 Å². The van der Waals surface area contributed by atoms with Crippen molar-refractivity contribution in [1.29, 1.82) is 0 Å². The van der Waals surface area contributed by atoms with Crippen LogP contribution in [0.25, 0.3) is 5.57 Å². The Morgan fingerprint density at radius 1 is 1.38 bits per heavy atom. The molecule has 0 fully saturated rings. The lowest BCUT2D eigenvalue weighted by atomic mass is 10.0. The van der Waals surface area contributed by atoms with Gasteiger partial charge in [-0.2, -0.15) is 0 Å². The fourth-order valence-corrected chi connectivity index (χ4v) is 1.50. The number of allylic oxidation sites excluding steroid dienone is 2. The number of aldehydes is 1. The molecular formula is C12H14N2O2. The molecule has 4 nitrogen and oxygen atoms in total. The minimum Gasteiger partial charge on any atom is -0.351 e. The molecule has 0 heterocycles. The third-order valence-corrected chi connectivity index (χ3v) is 2.18. The van der Waals surface area contributed by atoms with E-state index in [0.29, 0.717) is 12.7 Å². The van der Waals surface area contributed by atoms with Crippen molar-refractivity contribution in [1.82, 2.24) is 5.32 Å². The number of rotatable bonds is 4. The maximum absolute atomic E-state index is 10.9. The van der Waals surface area contributed by atoms with Gasteiger partial charge in [-0.1, -0.05) is 37.3 Å². The number of carbonyl (C=O) groups excluding carboxylic acids is 2. The molecule has 0 aromatic heterocycles. The minimum atomic E-state index is -0.732. The summed E-state index contributed by atoms with van der Waals surface area (Å²) >= 11 is 0. The summed E-state index contributed by atoms with van der Waals surface area (Å²) in [6.45, 7) is 1.91. The Hall–Kier alpha value is -2.10. The summed E-state index contributed by atoms with van der Waals surface area (Å²) in [4.78, 5) is 21.6. The summed E-state index contributed by atoms with van der Waals surface area (Å²) in [6.07, 6.45) is 1.24. The van der Waals surface area contributed by atoms with Crippen LogP contribution in [-0.2, 0) is 4.79 Å². The molecule has 4 heteroatoms. The smallest absolute Gasteiger partial charge is 0.316 e. The van der Waals surface area contributed by atoms with E-state index < -0.39 is 6.03 Å². The van der Waals surface area contributed by atoms with Crippen molar-refractivity contribution in [2.75, 3.05) is 0 Å². The van der Waals surface area contributed by atoms with Gasteiger partial charge in [0, 0.05) is 0 Å². The Bertz CT molecular complexity index is 410. The van der Waals surface area contributed by atoms with E-state index in [1.807, 2.05) is 37.3 Å². The lowest BCUT2D eigenvalue weighted by Crippen LogP contribution is -2.30. The average Bonchev–Trinajstić information content (AvgIpc) is 2.29. The molecule has 16 heavy (non-hydrogen) atoms. The van der Waals surface area contributed by atoms with E-state index in [1.54, 1.807) is 0 Å². The first-order valence-electron chi connectivity index (χ1n) is 4.99. The lowest BCUT2D eigenvalue weighted by molar-refractivity contribution is -0.105. The van der Waals surface area contributed by atoms with Gasteiger partial charge < -0.3 is 11.1 Å². The summed E-state index contributed by atoms with van der Waals surface area (Å²) in [5.74, 6) is 0. The van der Waals surface area contributed by atoms with Gasteiger partial charge in [0.2, 0.25) is 0 Å². The maximum atomic E-state index is 10.9. The number of nitrogens with one attached hydrogen (secondary N) is 1. The van der Waals surface area contributed by atoms with Gasteiger partial charge in [-0.15, -0.1) is 0 Å². The molecule has 2 amide bonds. The van der Waals surface area contributed by atoms with Gasteiger partial charge in [0.15, 0.2) is 6.29 Å². The highest BCUT2D eigenvalue weighted by molar-refractivity contribution is 5.92. The second kappa shape index (κ2) is 5.70. The topological polar surface area (TPSA) is 72.2 Å². The SMILES string of the molecule is CCC(=C(C=O)NC(N)=O)c1ccccc1. The summed E-state index contributed by atoms with van der Waals surface area (Å²) < 4.78 is 0. The van der Waals surface area contributed by atoms with Crippen LogP contribution >= 0.6 is 0 Å². The fourth-order valence-electron chi connectivity index (χ4n) is 1.50. The molecule has 0 unspecified atom stereocenters. The van der Waals surface area contributed by atoms with Crippen LogP contribution in [-0.4, -0.2) is 12.3 Å². The average molecular weight is 218 g/mol. The summed E-state index contributed by atoms with van der Waals surface area (Å²) in [7, 11) is 0. The second-order valence-electron chi connectivity index (χ2n) is 3.22. The molecule has 0 spiro atoms. The van der Waals surface area contributed by atoms with Crippen LogP contribution in [0.1, 0.15) is 18.9 Å². The van der Waals surface area contributed by atoms with Gasteiger partial charge in [-0.05, 0) is 17.6 Å². The molecule has 0 bridgehead atoms. The number of urea groups is 1. The Morgan fingerprint density at radius 2 is 2.00 bits per heavy atom. The highest BCUT2D eigenvalue weighted by atomic mass is 16.2. The van der Waals surface area contributed by atoms with Gasteiger partial charge in [0.1, 0.15) is 0 Å². The minimum absolute atomic E-state index is 0.223. The van der Waals surface area contributed by atoms with Crippen LogP contribution < -0.4 is 11.1 Å². The summed E-state index contributed by atoms with van der Waals surface area (Å²) in [6, 6.07) is 8.66. The van der Waals surface area contributed by atoms with Crippen molar-refractivity contribution in [3.05, 3.63) is 41.6 Å². The molecule has 0 radical (unpaired) electrons. The fraction of sp³-hybridized carbons (Fsp3) is 0.167. The molecule has 0 saturated carbocycles. The van der Waals surface area contributed by atoms with Crippen molar-refractivity contribution in [2.24, 2.45) is 5.73 Å². The molecule has 1 aromatic carbocycles. The van der Waals surface area contributed by atoms with Crippen LogP contribution in [0.5, 0.6) is 0 Å². The number of primary amides is 1. The predicted octanol–water partition coefficient (Wildman–Crippen LogP) is 1.67. The van der Waals surface area contributed by atoms with Gasteiger partial charge >= 0.3 is 6.03 Å². The molecule has 0 aliphatic rings. The zero-order chi connectivity index (χ0) is 12.0. The van der Waals surface area contributed by atoms with E-state index in [4.69, 9.17) is 5.73 Å². The van der Waals surface area contributed by atoms with Crippen LogP contribution in [0.2, 0.25) is 0 Å². The number of hydrogen-bond donors (Lipinski definition) is 2. The molecular weight excluding hydrogens is 204 g/mol. The third-order valence-electron chi connectivity index (χ3n) is 2.18. The Labute approximate surface area is 94.1 Å².